The van der Waals surface area contributed by atoms with E-state index >= 15 is 0 Å². The number of fused-ring (bicyclic) bond motifs is 1. The number of likely N-dealkylation sites (tertiary alicyclic amines) is 1. The van der Waals surface area contributed by atoms with E-state index in [-0.39, 0.29) is 0 Å². The van der Waals surface area contributed by atoms with Crippen LogP contribution in [0.2, 0.25) is 0 Å². The molecular formula is C22H28N8. The van der Waals surface area contributed by atoms with Gasteiger partial charge in [-0.2, -0.15) is 5.10 Å². The molecule has 3 aromatic rings. The van der Waals surface area contributed by atoms with E-state index in [2.05, 4.69) is 72.0 Å². The first kappa shape index (κ1) is 19.9. The van der Waals surface area contributed by atoms with E-state index < -0.39 is 0 Å². The second-order valence-electron chi connectivity index (χ2n) is 7.33. The number of aromatic nitrogens is 4. The molecule has 0 bridgehead atoms. The predicted molar refractivity (Wildman–Crippen MR) is 121 cm³/mol. The molecule has 0 spiro atoms. The Morgan fingerprint density at radius 1 is 1.13 bits per heavy atom. The highest BCUT2D eigenvalue weighted by Crippen LogP contribution is 2.20. The molecule has 0 saturated carbocycles. The maximum Gasteiger partial charge on any atom is 0.193 e. The number of piperidine rings is 1. The molecule has 1 aromatic carbocycles. The highest BCUT2D eigenvalue weighted by Gasteiger charge is 2.17. The zero-order valence-electron chi connectivity index (χ0n) is 17.5. The van der Waals surface area contributed by atoms with Crippen LogP contribution in [0.1, 0.15) is 18.4 Å². The van der Waals surface area contributed by atoms with Crippen LogP contribution in [0.3, 0.4) is 0 Å². The minimum Gasteiger partial charge on any atom is -0.368 e. The SMILES string of the molecule is CN=C(NCCNc1ncnc2c1cnn2C)N1CCC(=Cc2ccccc2)CC1. The van der Waals surface area contributed by atoms with Crippen molar-refractivity contribution in [3.05, 3.63) is 54.0 Å². The Morgan fingerprint density at radius 3 is 2.70 bits per heavy atom. The summed E-state index contributed by atoms with van der Waals surface area (Å²) in [5, 5.41) is 12.0. The van der Waals surface area contributed by atoms with Crippen LogP contribution in [-0.4, -0.2) is 63.8 Å². The van der Waals surface area contributed by atoms with Crippen molar-refractivity contribution in [3.63, 3.8) is 0 Å². The van der Waals surface area contributed by atoms with Gasteiger partial charge in [0.25, 0.3) is 0 Å². The number of anilines is 1. The molecule has 156 valence electrons. The number of aryl methyl sites for hydroxylation is 1. The standard InChI is InChI=1S/C22H28N8/c1-23-22(30-12-8-18(9-13-30)14-17-6-4-3-5-7-17)25-11-10-24-20-19-15-28-29(2)21(19)27-16-26-20/h3-7,14-16H,8-13H2,1-2H3,(H,23,25)(H,24,26,27). The Morgan fingerprint density at radius 2 is 1.93 bits per heavy atom. The molecule has 4 rings (SSSR count). The first-order valence-corrected chi connectivity index (χ1v) is 10.3. The molecule has 1 aliphatic rings. The van der Waals surface area contributed by atoms with E-state index in [0.717, 1.165) is 61.8 Å². The summed E-state index contributed by atoms with van der Waals surface area (Å²) in [6, 6.07) is 10.5. The van der Waals surface area contributed by atoms with E-state index in [4.69, 9.17) is 0 Å². The average molecular weight is 405 g/mol. The van der Waals surface area contributed by atoms with Gasteiger partial charge in [0.15, 0.2) is 11.6 Å². The van der Waals surface area contributed by atoms with E-state index in [1.54, 1.807) is 17.2 Å². The zero-order chi connectivity index (χ0) is 20.8. The molecule has 0 radical (unpaired) electrons. The fourth-order valence-electron chi connectivity index (χ4n) is 3.73. The number of nitrogens with one attached hydrogen (secondary N) is 2. The predicted octanol–water partition coefficient (Wildman–Crippen LogP) is 2.53. The fourth-order valence-corrected chi connectivity index (χ4v) is 3.73. The molecule has 0 unspecified atom stereocenters. The molecule has 0 atom stereocenters. The summed E-state index contributed by atoms with van der Waals surface area (Å²) in [5.41, 5.74) is 3.60. The van der Waals surface area contributed by atoms with E-state index in [9.17, 15) is 0 Å². The number of hydrogen-bond acceptors (Lipinski definition) is 5. The summed E-state index contributed by atoms with van der Waals surface area (Å²) in [6.45, 7) is 3.44. The maximum atomic E-state index is 4.46. The first-order valence-electron chi connectivity index (χ1n) is 10.3. The van der Waals surface area contributed by atoms with Crippen molar-refractivity contribution < 1.29 is 0 Å². The van der Waals surface area contributed by atoms with Crippen LogP contribution in [0, 0.1) is 0 Å². The van der Waals surface area contributed by atoms with Gasteiger partial charge in [-0.25, -0.2) is 9.97 Å². The molecule has 0 amide bonds. The van der Waals surface area contributed by atoms with Crippen molar-refractivity contribution in [2.75, 3.05) is 38.5 Å². The number of nitrogens with zero attached hydrogens (tertiary/aromatic N) is 6. The van der Waals surface area contributed by atoms with Gasteiger partial charge in [-0.1, -0.05) is 42.0 Å². The van der Waals surface area contributed by atoms with Crippen LogP contribution >= 0.6 is 0 Å². The molecule has 8 nitrogen and oxygen atoms in total. The summed E-state index contributed by atoms with van der Waals surface area (Å²) < 4.78 is 1.75. The number of hydrogen-bond donors (Lipinski definition) is 2. The van der Waals surface area contributed by atoms with Gasteiger partial charge in [0.05, 0.1) is 11.6 Å². The molecule has 1 aliphatic heterocycles. The smallest absolute Gasteiger partial charge is 0.193 e. The Hall–Kier alpha value is -3.42. The second-order valence-corrected chi connectivity index (χ2v) is 7.33. The molecule has 2 aromatic heterocycles. The summed E-state index contributed by atoms with van der Waals surface area (Å²) >= 11 is 0. The normalized spacial score (nSPS) is 14.8. The van der Waals surface area contributed by atoms with Gasteiger partial charge in [-0.15, -0.1) is 0 Å². The highest BCUT2D eigenvalue weighted by atomic mass is 15.3. The largest absolute Gasteiger partial charge is 0.368 e. The minimum atomic E-state index is 0.729. The van der Waals surface area contributed by atoms with Crippen LogP contribution in [0.5, 0.6) is 0 Å². The molecular weight excluding hydrogens is 376 g/mol. The van der Waals surface area contributed by atoms with E-state index in [0.29, 0.717) is 0 Å². The lowest BCUT2D eigenvalue weighted by molar-refractivity contribution is 0.376. The summed E-state index contributed by atoms with van der Waals surface area (Å²) in [5.74, 6) is 1.75. The van der Waals surface area contributed by atoms with Crippen molar-refractivity contribution >= 4 is 28.9 Å². The van der Waals surface area contributed by atoms with Crippen LogP contribution < -0.4 is 10.6 Å². The Bertz CT molecular complexity index is 1030. The maximum absolute atomic E-state index is 4.46. The molecule has 8 heteroatoms. The van der Waals surface area contributed by atoms with Crippen molar-refractivity contribution in [1.29, 1.82) is 0 Å². The lowest BCUT2D eigenvalue weighted by Gasteiger charge is -2.31. The van der Waals surface area contributed by atoms with Gasteiger partial charge in [0, 0.05) is 40.3 Å². The molecule has 1 fully saturated rings. The fraction of sp³-hybridized carbons (Fsp3) is 0.364. The third-order valence-electron chi connectivity index (χ3n) is 5.32. The summed E-state index contributed by atoms with van der Waals surface area (Å²) in [7, 11) is 3.72. The number of rotatable bonds is 5. The number of aliphatic imine (C=N–C) groups is 1. The highest BCUT2D eigenvalue weighted by molar-refractivity contribution is 5.86. The Balaban J connectivity index is 1.26. The Kier molecular flexibility index (Phi) is 6.22. The van der Waals surface area contributed by atoms with E-state index in [1.165, 1.54) is 11.1 Å². The van der Waals surface area contributed by atoms with Crippen LogP contribution in [0.25, 0.3) is 17.1 Å². The van der Waals surface area contributed by atoms with Crippen molar-refractivity contribution in [2.45, 2.75) is 12.8 Å². The van der Waals surface area contributed by atoms with Gasteiger partial charge >= 0.3 is 0 Å². The lowest BCUT2D eigenvalue weighted by atomic mass is 10.0. The molecule has 2 N–H and O–H groups in total. The number of guanidine groups is 1. The van der Waals surface area contributed by atoms with Crippen molar-refractivity contribution in [1.82, 2.24) is 30.0 Å². The number of benzene rings is 1. The Labute approximate surface area is 176 Å². The average Bonchev–Trinajstić information content (AvgIpc) is 3.17. The van der Waals surface area contributed by atoms with Crippen molar-refractivity contribution in [3.8, 4) is 0 Å². The quantitative estimate of drug-likeness (QED) is 0.386. The molecule has 0 aliphatic carbocycles. The van der Waals surface area contributed by atoms with Gasteiger partial charge in [-0.05, 0) is 18.4 Å². The van der Waals surface area contributed by atoms with Crippen LogP contribution in [0.15, 0.2) is 53.4 Å². The second kappa shape index (κ2) is 9.39. The lowest BCUT2D eigenvalue weighted by Crippen LogP contribution is -2.45. The van der Waals surface area contributed by atoms with Crippen LogP contribution in [0.4, 0.5) is 5.82 Å². The molecule has 30 heavy (non-hydrogen) atoms. The van der Waals surface area contributed by atoms with Crippen molar-refractivity contribution in [2.24, 2.45) is 12.0 Å². The zero-order valence-corrected chi connectivity index (χ0v) is 17.5. The van der Waals surface area contributed by atoms with Crippen LogP contribution in [-0.2, 0) is 7.05 Å². The summed E-state index contributed by atoms with van der Waals surface area (Å²) in [6.07, 6.45) is 7.80. The van der Waals surface area contributed by atoms with Gasteiger partial charge in [0.2, 0.25) is 0 Å². The van der Waals surface area contributed by atoms with Gasteiger partial charge in [0.1, 0.15) is 12.1 Å². The topological polar surface area (TPSA) is 83.3 Å². The third kappa shape index (κ3) is 4.59. The van der Waals surface area contributed by atoms with Gasteiger partial charge < -0.3 is 15.5 Å². The molecule has 3 heterocycles. The van der Waals surface area contributed by atoms with Gasteiger partial charge in [-0.3, -0.25) is 9.67 Å². The monoisotopic (exact) mass is 404 g/mol. The van der Waals surface area contributed by atoms with E-state index in [1.807, 2.05) is 14.1 Å². The minimum absolute atomic E-state index is 0.729. The first-order chi connectivity index (χ1) is 14.7. The summed E-state index contributed by atoms with van der Waals surface area (Å²) in [4.78, 5) is 15.4. The molecule has 1 saturated heterocycles. The third-order valence-corrected chi connectivity index (χ3v) is 5.32.